The van der Waals surface area contributed by atoms with Crippen LogP contribution in [0.1, 0.15) is 59.1 Å². The van der Waals surface area contributed by atoms with Crippen LogP contribution in [0.25, 0.3) is 0 Å². The SMILES string of the molecule is CC.CC(C)N1CCCn2nccc2C1.CN1CCCN(C)C(CCC=O)C1. The highest BCUT2D eigenvalue weighted by Gasteiger charge is 2.19. The number of nitrogens with zero attached hydrogens (tertiary/aromatic N) is 5. The Morgan fingerprint density at radius 3 is 2.54 bits per heavy atom. The first-order valence-electron chi connectivity index (χ1n) is 11.1. The Kier molecular flexibility index (Phi) is 12.3. The van der Waals surface area contributed by atoms with E-state index in [1.54, 1.807) is 0 Å². The van der Waals surface area contributed by atoms with Gasteiger partial charge in [-0.15, -0.1) is 0 Å². The second kappa shape index (κ2) is 13.9. The number of carbonyl (C=O) groups is 1. The molecular weight excluding hydrogens is 350 g/mol. The molecule has 0 radical (unpaired) electrons. The van der Waals surface area contributed by atoms with Gasteiger partial charge in [-0.3, -0.25) is 9.58 Å². The van der Waals surface area contributed by atoms with Crippen LogP contribution in [-0.2, 0) is 17.9 Å². The summed E-state index contributed by atoms with van der Waals surface area (Å²) < 4.78 is 2.13. The smallest absolute Gasteiger partial charge is 0.120 e. The molecule has 0 bridgehead atoms. The first kappa shape index (κ1) is 24.8. The summed E-state index contributed by atoms with van der Waals surface area (Å²) in [6.45, 7) is 15.3. The van der Waals surface area contributed by atoms with E-state index in [1.165, 1.54) is 31.6 Å². The van der Waals surface area contributed by atoms with Crippen molar-refractivity contribution in [3.05, 3.63) is 18.0 Å². The Morgan fingerprint density at radius 2 is 1.86 bits per heavy atom. The molecule has 0 amide bonds. The molecule has 2 aliphatic rings. The number of likely N-dealkylation sites (N-methyl/N-ethyl adjacent to an activating group) is 2. The van der Waals surface area contributed by atoms with E-state index in [0.29, 0.717) is 18.5 Å². The topological polar surface area (TPSA) is 44.6 Å². The summed E-state index contributed by atoms with van der Waals surface area (Å²) in [5, 5.41) is 4.30. The lowest BCUT2D eigenvalue weighted by molar-refractivity contribution is -0.108. The van der Waals surface area contributed by atoms with Crippen molar-refractivity contribution in [1.29, 1.82) is 0 Å². The standard InChI is InChI=1S/C10H17N3.C10H20N2O.C2H6/c1-9(2)12-6-3-7-13-10(8-12)4-5-11-13;1-11-6-4-7-12(2)10(9-11)5-3-8-13;1-2/h4-5,9H,3,6-8H2,1-2H3;8,10H,3-7,9H2,1-2H3;1-2H3. The highest BCUT2D eigenvalue weighted by atomic mass is 16.1. The molecule has 2 aliphatic heterocycles. The number of carbonyl (C=O) groups excluding carboxylic acids is 1. The molecule has 0 spiro atoms. The molecule has 0 aromatic carbocycles. The van der Waals surface area contributed by atoms with Crippen LogP contribution >= 0.6 is 0 Å². The van der Waals surface area contributed by atoms with Crippen molar-refractivity contribution in [2.45, 2.75) is 78.6 Å². The Hall–Kier alpha value is -1.24. The average molecular weight is 394 g/mol. The summed E-state index contributed by atoms with van der Waals surface area (Å²) in [4.78, 5) is 17.5. The van der Waals surface area contributed by atoms with Crippen molar-refractivity contribution < 1.29 is 4.79 Å². The molecule has 162 valence electrons. The molecule has 28 heavy (non-hydrogen) atoms. The van der Waals surface area contributed by atoms with E-state index in [4.69, 9.17) is 0 Å². The molecule has 6 nitrogen and oxygen atoms in total. The summed E-state index contributed by atoms with van der Waals surface area (Å²) in [6.07, 6.45) is 7.09. The number of aldehydes is 1. The minimum atomic E-state index is 0.567. The van der Waals surface area contributed by atoms with Gasteiger partial charge >= 0.3 is 0 Å². The van der Waals surface area contributed by atoms with Crippen molar-refractivity contribution in [2.75, 3.05) is 40.3 Å². The maximum absolute atomic E-state index is 10.3. The Balaban J connectivity index is 0.000000257. The van der Waals surface area contributed by atoms with Gasteiger partial charge in [0.1, 0.15) is 6.29 Å². The highest BCUT2D eigenvalue weighted by Crippen LogP contribution is 2.13. The van der Waals surface area contributed by atoms with Crippen LogP contribution in [-0.4, -0.2) is 83.1 Å². The van der Waals surface area contributed by atoms with Gasteiger partial charge < -0.3 is 14.6 Å². The molecular formula is C22H43N5O. The van der Waals surface area contributed by atoms with Crippen LogP contribution in [0.3, 0.4) is 0 Å². The number of rotatable bonds is 4. The summed E-state index contributed by atoms with van der Waals surface area (Å²) in [7, 11) is 4.32. The normalized spacial score (nSPS) is 21.5. The number of aromatic nitrogens is 2. The maximum Gasteiger partial charge on any atom is 0.120 e. The third-order valence-electron chi connectivity index (χ3n) is 5.53. The lowest BCUT2D eigenvalue weighted by Crippen LogP contribution is -2.37. The minimum absolute atomic E-state index is 0.567. The van der Waals surface area contributed by atoms with E-state index in [0.717, 1.165) is 38.9 Å². The third kappa shape index (κ3) is 8.41. The van der Waals surface area contributed by atoms with Crippen molar-refractivity contribution in [3.63, 3.8) is 0 Å². The van der Waals surface area contributed by atoms with Gasteiger partial charge in [-0.1, -0.05) is 13.8 Å². The Bertz CT molecular complexity index is 531. The van der Waals surface area contributed by atoms with Crippen molar-refractivity contribution in [1.82, 2.24) is 24.5 Å². The fourth-order valence-corrected chi connectivity index (χ4v) is 3.78. The minimum Gasteiger partial charge on any atom is -0.305 e. The number of hydrogen-bond acceptors (Lipinski definition) is 5. The zero-order valence-corrected chi connectivity index (χ0v) is 19.1. The predicted molar refractivity (Wildman–Crippen MR) is 118 cm³/mol. The number of fused-ring (bicyclic) bond motifs is 1. The van der Waals surface area contributed by atoms with Gasteiger partial charge in [-0.2, -0.15) is 5.10 Å². The van der Waals surface area contributed by atoms with Crippen LogP contribution in [0.5, 0.6) is 0 Å². The molecule has 3 heterocycles. The fraction of sp³-hybridized carbons (Fsp3) is 0.818. The number of hydrogen-bond donors (Lipinski definition) is 0. The molecule has 1 atom stereocenters. The summed E-state index contributed by atoms with van der Waals surface area (Å²) in [6, 6.07) is 3.33. The first-order valence-corrected chi connectivity index (χ1v) is 11.1. The van der Waals surface area contributed by atoms with Crippen LogP contribution in [0.15, 0.2) is 12.3 Å². The average Bonchev–Trinajstić information content (AvgIpc) is 2.93. The van der Waals surface area contributed by atoms with Crippen molar-refractivity contribution in [3.8, 4) is 0 Å². The zero-order valence-electron chi connectivity index (χ0n) is 19.1. The molecule has 1 aromatic rings. The fourth-order valence-electron chi connectivity index (χ4n) is 3.78. The van der Waals surface area contributed by atoms with Crippen molar-refractivity contribution in [2.24, 2.45) is 0 Å². The van der Waals surface area contributed by atoms with Crippen molar-refractivity contribution >= 4 is 6.29 Å². The van der Waals surface area contributed by atoms with Gasteiger partial charge in [0.25, 0.3) is 0 Å². The molecule has 6 heteroatoms. The largest absolute Gasteiger partial charge is 0.305 e. The van der Waals surface area contributed by atoms with Gasteiger partial charge in [0.15, 0.2) is 0 Å². The molecule has 0 aliphatic carbocycles. The zero-order chi connectivity index (χ0) is 20.9. The predicted octanol–water partition coefficient (Wildman–Crippen LogP) is 3.12. The molecule has 0 N–H and O–H groups in total. The summed E-state index contributed by atoms with van der Waals surface area (Å²) >= 11 is 0. The van der Waals surface area contributed by atoms with E-state index < -0.39 is 0 Å². The van der Waals surface area contributed by atoms with Crippen LogP contribution in [0, 0.1) is 0 Å². The lowest BCUT2D eigenvalue weighted by Gasteiger charge is -2.26. The first-order chi connectivity index (χ1) is 13.5. The van der Waals surface area contributed by atoms with Gasteiger partial charge in [-0.05, 0) is 66.4 Å². The molecule has 0 saturated carbocycles. The summed E-state index contributed by atoms with van der Waals surface area (Å²) in [5.41, 5.74) is 1.35. The molecule has 3 rings (SSSR count). The van der Waals surface area contributed by atoms with Gasteiger partial charge in [0, 0.05) is 50.9 Å². The maximum atomic E-state index is 10.3. The van der Waals surface area contributed by atoms with Crippen LogP contribution in [0.4, 0.5) is 0 Å². The third-order valence-corrected chi connectivity index (χ3v) is 5.53. The van der Waals surface area contributed by atoms with Gasteiger partial charge in [0.2, 0.25) is 0 Å². The molecule has 1 aromatic heterocycles. The second-order valence-electron chi connectivity index (χ2n) is 7.96. The molecule has 1 unspecified atom stereocenters. The number of aryl methyl sites for hydroxylation is 1. The van der Waals surface area contributed by atoms with E-state index in [1.807, 2.05) is 20.0 Å². The van der Waals surface area contributed by atoms with Gasteiger partial charge in [-0.25, -0.2) is 0 Å². The van der Waals surface area contributed by atoms with Crippen LogP contribution < -0.4 is 0 Å². The van der Waals surface area contributed by atoms with Crippen LogP contribution in [0.2, 0.25) is 0 Å². The monoisotopic (exact) mass is 393 g/mol. The molecule has 1 saturated heterocycles. The van der Waals surface area contributed by atoms with Gasteiger partial charge in [0.05, 0.1) is 5.69 Å². The lowest BCUT2D eigenvalue weighted by atomic mass is 10.1. The highest BCUT2D eigenvalue weighted by molar-refractivity contribution is 5.49. The summed E-state index contributed by atoms with van der Waals surface area (Å²) in [5.74, 6) is 0. The van der Waals surface area contributed by atoms with E-state index >= 15 is 0 Å². The van der Waals surface area contributed by atoms with E-state index in [-0.39, 0.29) is 0 Å². The second-order valence-corrected chi connectivity index (χ2v) is 7.96. The van der Waals surface area contributed by atoms with E-state index in [2.05, 4.69) is 58.5 Å². The molecule has 1 fully saturated rings. The Morgan fingerprint density at radius 1 is 1.14 bits per heavy atom. The Labute approximate surface area is 172 Å². The quantitative estimate of drug-likeness (QED) is 0.736. The van der Waals surface area contributed by atoms with E-state index in [9.17, 15) is 4.79 Å².